The van der Waals surface area contributed by atoms with E-state index in [1.807, 2.05) is 0 Å². The molecule has 0 amide bonds. The summed E-state index contributed by atoms with van der Waals surface area (Å²) < 4.78 is 8.48. The predicted octanol–water partition coefficient (Wildman–Crippen LogP) is -3.29. The maximum atomic E-state index is 11.2. The summed E-state index contributed by atoms with van der Waals surface area (Å²) in [6.45, 7) is 0. The number of aliphatic hydroxyl groups excluding tert-OH is 2. The summed E-state index contributed by atoms with van der Waals surface area (Å²) in [5.41, 5.74) is 0. The third-order valence-corrected chi connectivity index (χ3v) is 2.03. The molecule has 10 nitrogen and oxygen atoms in total. The van der Waals surface area contributed by atoms with Gasteiger partial charge in [0, 0.05) is 0 Å². The van der Waals surface area contributed by atoms with Crippen molar-refractivity contribution in [2.24, 2.45) is 0 Å². The molecule has 1 aliphatic heterocycles. The van der Waals surface area contributed by atoms with Gasteiger partial charge < -0.3 is 29.9 Å². The standard InChI is InChI=1S/C8H8O10/c9-1(5(11)12)3-7(15)18-4(8(16)17-3)2(10)6(13)14/h1-4,9-10H,(H,11,12)(H,13,14)/t1-,2-,3-,4+/m1/s1. The number of hydrogen-bond donors (Lipinski definition) is 4. The molecule has 1 fully saturated rings. The molecule has 4 N–H and O–H groups in total. The van der Waals surface area contributed by atoms with E-state index in [4.69, 9.17) is 20.4 Å². The Morgan fingerprint density at radius 3 is 1.39 bits per heavy atom. The fourth-order valence-electron chi connectivity index (χ4n) is 1.13. The molecule has 0 aromatic rings. The zero-order valence-electron chi connectivity index (χ0n) is 8.55. The lowest BCUT2D eigenvalue weighted by atomic mass is 10.1. The molecule has 0 unspecified atom stereocenters. The van der Waals surface area contributed by atoms with Gasteiger partial charge in [-0.1, -0.05) is 0 Å². The van der Waals surface area contributed by atoms with Crippen LogP contribution in [0, 0.1) is 0 Å². The number of aliphatic hydroxyl groups is 2. The predicted molar refractivity (Wildman–Crippen MR) is 47.0 cm³/mol. The largest absolute Gasteiger partial charge is 0.479 e. The van der Waals surface area contributed by atoms with Crippen LogP contribution in [0.1, 0.15) is 0 Å². The minimum absolute atomic E-state index is 1.46. The lowest BCUT2D eigenvalue weighted by Crippen LogP contribution is -2.56. The van der Waals surface area contributed by atoms with Crippen LogP contribution in [0.25, 0.3) is 0 Å². The van der Waals surface area contributed by atoms with E-state index in [9.17, 15) is 19.2 Å². The molecule has 0 saturated carbocycles. The molecule has 0 radical (unpaired) electrons. The number of carboxylic acids is 2. The second-order valence-corrected chi connectivity index (χ2v) is 3.28. The highest BCUT2D eigenvalue weighted by Crippen LogP contribution is 2.16. The molecular formula is C8H8O10. The van der Waals surface area contributed by atoms with Crippen LogP contribution >= 0.6 is 0 Å². The highest BCUT2D eigenvalue weighted by Gasteiger charge is 2.48. The van der Waals surface area contributed by atoms with Crippen molar-refractivity contribution >= 4 is 23.9 Å². The van der Waals surface area contributed by atoms with Crippen LogP contribution in [0.15, 0.2) is 0 Å². The van der Waals surface area contributed by atoms with Crippen molar-refractivity contribution in [3.05, 3.63) is 0 Å². The molecule has 4 atom stereocenters. The van der Waals surface area contributed by atoms with Crippen molar-refractivity contribution in [1.29, 1.82) is 0 Å². The van der Waals surface area contributed by atoms with Crippen LogP contribution in [-0.4, -0.2) is 68.7 Å². The van der Waals surface area contributed by atoms with E-state index in [0.717, 1.165) is 0 Å². The van der Waals surface area contributed by atoms with E-state index in [1.54, 1.807) is 0 Å². The maximum absolute atomic E-state index is 11.2. The Labute approximate surface area is 98.3 Å². The van der Waals surface area contributed by atoms with Crippen molar-refractivity contribution in [2.45, 2.75) is 24.4 Å². The van der Waals surface area contributed by atoms with Crippen LogP contribution in [0.3, 0.4) is 0 Å². The molecule has 0 aliphatic carbocycles. The quantitative estimate of drug-likeness (QED) is 0.377. The number of aliphatic carboxylic acids is 2. The third-order valence-electron chi connectivity index (χ3n) is 2.03. The normalized spacial score (nSPS) is 26.8. The Hall–Kier alpha value is -2.20. The van der Waals surface area contributed by atoms with Crippen LogP contribution in [-0.2, 0) is 28.7 Å². The SMILES string of the molecule is O=C1O[C@H]([C@@H](O)C(=O)O)C(=O)O[C@H]1[C@@H](O)C(=O)O. The van der Waals surface area contributed by atoms with Gasteiger partial charge >= 0.3 is 23.9 Å². The molecule has 0 spiro atoms. The molecule has 18 heavy (non-hydrogen) atoms. The highest BCUT2D eigenvalue weighted by atomic mass is 16.7. The van der Waals surface area contributed by atoms with E-state index in [1.165, 1.54) is 0 Å². The average Bonchev–Trinajstić information content (AvgIpc) is 2.29. The summed E-state index contributed by atoms with van der Waals surface area (Å²) in [6, 6.07) is 0. The molecule has 1 rings (SSSR count). The van der Waals surface area contributed by atoms with Gasteiger partial charge in [0.15, 0.2) is 12.2 Å². The first kappa shape index (κ1) is 13.9. The average molecular weight is 264 g/mol. The lowest BCUT2D eigenvalue weighted by molar-refractivity contribution is -0.213. The molecule has 1 heterocycles. The summed E-state index contributed by atoms with van der Waals surface area (Å²) >= 11 is 0. The molecule has 1 aliphatic rings. The van der Waals surface area contributed by atoms with E-state index in [-0.39, 0.29) is 0 Å². The molecule has 1 saturated heterocycles. The molecule has 10 heteroatoms. The van der Waals surface area contributed by atoms with Gasteiger partial charge in [-0.15, -0.1) is 0 Å². The Kier molecular flexibility index (Phi) is 3.83. The van der Waals surface area contributed by atoms with Crippen molar-refractivity contribution in [3.63, 3.8) is 0 Å². The third kappa shape index (κ3) is 2.55. The first-order chi connectivity index (χ1) is 8.25. The molecular weight excluding hydrogens is 256 g/mol. The second-order valence-electron chi connectivity index (χ2n) is 3.28. The Bertz CT molecular complexity index is 363. The number of hydrogen-bond acceptors (Lipinski definition) is 8. The maximum Gasteiger partial charge on any atom is 0.351 e. The Balaban J connectivity index is 2.83. The zero-order chi connectivity index (χ0) is 14.0. The summed E-state index contributed by atoms with van der Waals surface area (Å²) in [6.07, 6.45) is -8.90. The lowest BCUT2D eigenvalue weighted by Gasteiger charge is -2.29. The summed E-state index contributed by atoms with van der Waals surface area (Å²) in [7, 11) is 0. The van der Waals surface area contributed by atoms with E-state index in [2.05, 4.69) is 9.47 Å². The second kappa shape index (κ2) is 4.98. The number of carbonyl (C=O) groups is 4. The summed E-state index contributed by atoms with van der Waals surface area (Å²) in [4.78, 5) is 43.2. The van der Waals surface area contributed by atoms with Crippen LogP contribution in [0.5, 0.6) is 0 Å². The monoisotopic (exact) mass is 264 g/mol. The van der Waals surface area contributed by atoms with Gasteiger partial charge in [0.05, 0.1) is 0 Å². The minimum Gasteiger partial charge on any atom is -0.479 e. The number of cyclic esters (lactones) is 2. The van der Waals surface area contributed by atoms with Crippen LogP contribution < -0.4 is 0 Å². The first-order valence-electron chi connectivity index (χ1n) is 4.48. The van der Waals surface area contributed by atoms with Gasteiger partial charge in [-0.25, -0.2) is 19.2 Å². The van der Waals surface area contributed by atoms with Gasteiger partial charge in [0.2, 0.25) is 12.2 Å². The number of carboxylic acid groups (broad SMARTS) is 2. The van der Waals surface area contributed by atoms with Gasteiger partial charge in [-0.2, -0.15) is 0 Å². The molecule has 0 aromatic carbocycles. The summed E-state index contributed by atoms with van der Waals surface area (Å²) in [5, 5.41) is 34.9. The minimum atomic E-state index is -2.34. The van der Waals surface area contributed by atoms with Crippen LogP contribution in [0.4, 0.5) is 0 Å². The number of carbonyl (C=O) groups excluding carboxylic acids is 2. The van der Waals surface area contributed by atoms with Crippen molar-refractivity contribution in [1.82, 2.24) is 0 Å². The molecule has 100 valence electrons. The number of esters is 2. The van der Waals surface area contributed by atoms with Gasteiger partial charge in [0.25, 0.3) is 0 Å². The van der Waals surface area contributed by atoms with E-state index < -0.39 is 48.3 Å². The van der Waals surface area contributed by atoms with Crippen molar-refractivity contribution < 1.29 is 49.1 Å². The number of rotatable bonds is 4. The zero-order valence-corrected chi connectivity index (χ0v) is 8.55. The topological polar surface area (TPSA) is 168 Å². The highest BCUT2D eigenvalue weighted by molar-refractivity contribution is 5.94. The van der Waals surface area contributed by atoms with Crippen molar-refractivity contribution in [2.75, 3.05) is 0 Å². The molecule has 0 aromatic heterocycles. The van der Waals surface area contributed by atoms with Crippen LogP contribution in [0.2, 0.25) is 0 Å². The Morgan fingerprint density at radius 1 is 0.889 bits per heavy atom. The van der Waals surface area contributed by atoms with Gasteiger partial charge in [-0.05, 0) is 0 Å². The fourth-order valence-corrected chi connectivity index (χ4v) is 1.13. The van der Waals surface area contributed by atoms with E-state index in [0.29, 0.717) is 0 Å². The van der Waals surface area contributed by atoms with Gasteiger partial charge in [-0.3, -0.25) is 0 Å². The van der Waals surface area contributed by atoms with E-state index >= 15 is 0 Å². The summed E-state index contributed by atoms with van der Waals surface area (Å²) in [5.74, 6) is -6.59. The Morgan fingerprint density at radius 2 is 1.17 bits per heavy atom. The van der Waals surface area contributed by atoms with Crippen molar-refractivity contribution in [3.8, 4) is 0 Å². The number of ether oxygens (including phenoxy) is 2. The first-order valence-corrected chi connectivity index (χ1v) is 4.48. The molecule has 0 bridgehead atoms. The fraction of sp³-hybridized carbons (Fsp3) is 0.500. The smallest absolute Gasteiger partial charge is 0.351 e. The van der Waals surface area contributed by atoms with Gasteiger partial charge in [0.1, 0.15) is 0 Å².